The molecule has 3 nitrogen and oxygen atoms in total. The van der Waals surface area contributed by atoms with Gasteiger partial charge in [-0.1, -0.05) is 58.7 Å². The molecule has 3 N–H and O–H groups in total. The Labute approximate surface area is 122 Å². The van der Waals surface area contributed by atoms with E-state index in [0.29, 0.717) is 10.9 Å². The van der Waals surface area contributed by atoms with Crippen LogP contribution in [0.15, 0.2) is 0 Å². The lowest BCUT2D eigenvalue weighted by Crippen LogP contribution is -2.52. The summed E-state index contributed by atoms with van der Waals surface area (Å²) >= 11 is 5.24. The number of nitrogens with two attached hydrogens (primary N) is 1. The summed E-state index contributed by atoms with van der Waals surface area (Å²) < 4.78 is 0. The van der Waals surface area contributed by atoms with Gasteiger partial charge in [0.15, 0.2) is 0 Å². The molecule has 0 radical (unpaired) electrons. The molecule has 1 unspecified atom stereocenters. The molecule has 19 heavy (non-hydrogen) atoms. The molecule has 110 valence electrons. The monoisotopic (exact) mass is 284 g/mol. The number of amides is 1. The van der Waals surface area contributed by atoms with E-state index in [1.54, 1.807) is 0 Å². The molecule has 0 bridgehead atoms. The van der Waals surface area contributed by atoms with Crippen LogP contribution >= 0.6 is 12.2 Å². The van der Waals surface area contributed by atoms with Crippen molar-refractivity contribution in [2.24, 2.45) is 17.1 Å². The van der Waals surface area contributed by atoms with Crippen molar-refractivity contribution in [2.45, 2.75) is 71.8 Å². The van der Waals surface area contributed by atoms with Crippen LogP contribution < -0.4 is 11.1 Å². The van der Waals surface area contributed by atoms with E-state index in [1.165, 1.54) is 12.8 Å². The first-order valence-corrected chi connectivity index (χ1v) is 7.95. The van der Waals surface area contributed by atoms with Gasteiger partial charge in [-0.25, -0.2) is 0 Å². The average Bonchev–Trinajstić information content (AvgIpc) is 2.61. The number of carbonyl (C=O) groups is 1. The van der Waals surface area contributed by atoms with Gasteiger partial charge >= 0.3 is 0 Å². The molecule has 1 fully saturated rings. The highest BCUT2D eigenvalue weighted by Gasteiger charge is 2.42. The molecule has 1 rings (SSSR count). The van der Waals surface area contributed by atoms with Crippen LogP contribution in [0.1, 0.15) is 65.7 Å². The first-order chi connectivity index (χ1) is 8.94. The Morgan fingerprint density at radius 1 is 1.26 bits per heavy atom. The van der Waals surface area contributed by atoms with Crippen molar-refractivity contribution in [1.29, 1.82) is 0 Å². The van der Waals surface area contributed by atoms with Crippen LogP contribution in [0.2, 0.25) is 0 Å². The summed E-state index contributed by atoms with van der Waals surface area (Å²) in [6, 6.07) is 0.210. The van der Waals surface area contributed by atoms with Crippen molar-refractivity contribution in [1.82, 2.24) is 5.32 Å². The van der Waals surface area contributed by atoms with Crippen LogP contribution in [-0.4, -0.2) is 16.9 Å². The quantitative estimate of drug-likeness (QED) is 0.602. The predicted octanol–water partition coefficient (Wildman–Crippen LogP) is 3.16. The van der Waals surface area contributed by atoms with E-state index < -0.39 is 5.41 Å². The molecule has 0 aliphatic heterocycles. The largest absolute Gasteiger partial charge is 0.392 e. The molecule has 1 saturated carbocycles. The summed E-state index contributed by atoms with van der Waals surface area (Å²) in [5.74, 6) is 0.491. The van der Waals surface area contributed by atoms with Crippen LogP contribution in [0, 0.1) is 11.3 Å². The molecule has 4 heteroatoms. The normalized spacial score (nSPS) is 20.6. The van der Waals surface area contributed by atoms with Gasteiger partial charge in [0, 0.05) is 6.04 Å². The van der Waals surface area contributed by atoms with Crippen LogP contribution in [-0.2, 0) is 4.79 Å². The lowest BCUT2D eigenvalue weighted by atomic mass is 9.78. The van der Waals surface area contributed by atoms with E-state index in [1.807, 2.05) is 0 Å². The van der Waals surface area contributed by atoms with Crippen LogP contribution in [0.5, 0.6) is 0 Å². The highest BCUT2D eigenvalue weighted by Crippen LogP contribution is 2.36. The van der Waals surface area contributed by atoms with Crippen molar-refractivity contribution < 1.29 is 4.79 Å². The maximum Gasteiger partial charge on any atom is 0.233 e. The summed E-state index contributed by atoms with van der Waals surface area (Å²) in [5, 5.41) is 3.18. The molecule has 1 amide bonds. The van der Waals surface area contributed by atoms with Gasteiger partial charge in [-0.05, 0) is 25.2 Å². The summed E-state index contributed by atoms with van der Waals surface area (Å²) in [6.45, 7) is 6.37. The molecule has 0 heterocycles. The molecule has 1 atom stereocenters. The van der Waals surface area contributed by atoms with E-state index in [4.69, 9.17) is 18.0 Å². The second-order valence-corrected chi connectivity index (χ2v) is 6.53. The molecule has 0 aromatic heterocycles. The predicted molar refractivity (Wildman–Crippen MR) is 84.0 cm³/mol. The van der Waals surface area contributed by atoms with Gasteiger partial charge in [0.05, 0.1) is 10.4 Å². The lowest BCUT2D eigenvalue weighted by Gasteiger charge is -2.33. The van der Waals surface area contributed by atoms with Crippen LogP contribution in [0.4, 0.5) is 0 Å². The van der Waals surface area contributed by atoms with Crippen molar-refractivity contribution >= 4 is 23.1 Å². The fourth-order valence-electron chi connectivity index (χ4n) is 2.96. The fourth-order valence-corrected chi connectivity index (χ4v) is 3.26. The Hall–Kier alpha value is -0.640. The van der Waals surface area contributed by atoms with E-state index in [2.05, 4.69) is 26.1 Å². The minimum atomic E-state index is -0.603. The maximum atomic E-state index is 12.7. The van der Waals surface area contributed by atoms with Gasteiger partial charge in [0.2, 0.25) is 5.91 Å². The topological polar surface area (TPSA) is 55.1 Å². The van der Waals surface area contributed by atoms with Crippen molar-refractivity contribution in [2.75, 3.05) is 0 Å². The highest BCUT2D eigenvalue weighted by molar-refractivity contribution is 7.80. The molecular weight excluding hydrogens is 256 g/mol. The van der Waals surface area contributed by atoms with Crippen molar-refractivity contribution in [3.05, 3.63) is 0 Å². The summed E-state index contributed by atoms with van der Waals surface area (Å²) in [5.41, 5.74) is 5.33. The Morgan fingerprint density at radius 2 is 1.79 bits per heavy atom. The number of nitrogens with one attached hydrogen (secondary N) is 1. The number of rotatable bonds is 5. The summed E-state index contributed by atoms with van der Waals surface area (Å²) in [6.07, 6.45) is 7.01. The maximum absolute atomic E-state index is 12.7. The van der Waals surface area contributed by atoms with Gasteiger partial charge in [0.25, 0.3) is 0 Å². The zero-order chi connectivity index (χ0) is 14.5. The second kappa shape index (κ2) is 7.22. The van der Waals surface area contributed by atoms with Gasteiger partial charge in [-0.2, -0.15) is 0 Å². The SMILES string of the molecule is CCC(NC(=O)C1(C(N)=S)CCCCCC1)C(C)C. The van der Waals surface area contributed by atoms with Crippen LogP contribution in [0.3, 0.4) is 0 Å². The van der Waals surface area contributed by atoms with Gasteiger partial charge in [0.1, 0.15) is 0 Å². The third-order valence-corrected chi connectivity index (χ3v) is 4.82. The summed E-state index contributed by atoms with van der Waals surface area (Å²) in [7, 11) is 0. The zero-order valence-electron chi connectivity index (χ0n) is 12.5. The van der Waals surface area contributed by atoms with E-state index >= 15 is 0 Å². The van der Waals surface area contributed by atoms with Crippen molar-refractivity contribution in [3.63, 3.8) is 0 Å². The number of hydrogen-bond donors (Lipinski definition) is 2. The standard InChI is InChI=1S/C15H28N2OS/c1-4-12(11(2)3)17-14(18)15(13(16)19)9-7-5-6-8-10-15/h11-12H,4-10H2,1-3H3,(H2,16,19)(H,17,18). The van der Waals surface area contributed by atoms with Gasteiger partial charge < -0.3 is 11.1 Å². The first-order valence-electron chi connectivity index (χ1n) is 7.55. The lowest BCUT2D eigenvalue weighted by molar-refractivity contribution is -0.129. The first kappa shape index (κ1) is 16.4. The van der Waals surface area contributed by atoms with Gasteiger partial charge in [-0.15, -0.1) is 0 Å². The van der Waals surface area contributed by atoms with E-state index in [0.717, 1.165) is 32.1 Å². The average molecular weight is 284 g/mol. The van der Waals surface area contributed by atoms with Gasteiger partial charge in [-0.3, -0.25) is 4.79 Å². The Balaban J connectivity index is 2.86. The summed E-state index contributed by atoms with van der Waals surface area (Å²) in [4.78, 5) is 13.1. The number of thiocarbonyl (C=S) groups is 1. The third-order valence-electron chi connectivity index (χ3n) is 4.42. The Morgan fingerprint density at radius 3 is 2.16 bits per heavy atom. The van der Waals surface area contributed by atoms with E-state index in [9.17, 15) is 4.79 Å². The molecular formula is C15H28N2OS. The Kier molecular flexibility index (Phi) is 6.24. The number of hydrogen-bond acceptors (Lipinski definition) is 2. The fraction of sp³-hybridized carbons (Fsp3) is 0.867. The zero-order valence-corrected chi connectivity index (χ0v) is 13.3. The second-order valence-electron chi connectivity index (χ2n) is 6.09. The van der Waals surface area contributed by atoms with E-state index in [-0.39, 0.29) is 11.9 Å². The molecule has 0 aromatic carbocycles. The van der Waals surface area contributed by atoms with Crippen molar-refractivity contribution in [3.8, 4) is 0 Å². The number of carbonyl (C=O) groups excluding carboxylic acids is 1. The van der Waals surface area contributed by atoms with Crippen LogP contribution in [0.25, 0.3) is 0 Å². The molecule has 1 aliphatic rings. The highest BCUT2D eigenvalue weighted by atomic mass is 32.1. The third kappa shape index (κ3) is 3.91. The molecule has 0 saturated heterocycles. The minimum Gasteiger partial charge on any atom is -0.392 e. The smallest absolute Gasteiger partial charge is 0.233 e. The molecule has 1 aliphatic carbocycles. The molecule has 0 spiro atoms. The minimum absolute atomic E-state index is 0.0578. The Bertz CT molecular complexity index is 320. The molecule has 0 aromatic rings.